The monoisotopic (exact) mass is 394 g/mol. The lowest BCUT2D eigenvalue weighted by Crippen LogP contribution is -2.36. The third kappa shape index (κ3) is 4.26. The van der Waals surface area contributed by atoms with Crippen molar-refractivity contribution in [1.82, 2.24) is 10.2 Å². The SMILES string of the molecule is O=C(CCN1C(=O)[C@@H]2CCCC[C@H]2C1=O)NCCOc1ccc2ccccc2c1. The molecule has 29 heavy (non-hydrogen) atoms. The van der Waals surface area contributed by atoms with Crippen LogP contribution in [0.4, 0.5) is 0 Å². The highest BCUT2D eigenvalue weighted by molar-refractivity contribution is 6.05. The Morgan fingerprint density at radius 2 is 1.69 bits per heavy atom. The predicted octanol–water partition coefficient (Wildman–Crippen LogP) is 2.90. The summed E-state index contributed by atoms with van der Waals surface area (Å²) in [6.07, 6.45) is 3.73. The van der Waals surface area contributed by atoms with E-state index in [1.165, 1.54) is 4.90 Å². The Morgan fingerprint density at radius 3 is 2.41 bits per heavy atom. The molecule has 1 aliphatic carbocycles. The maximum absolute atomic E-state index is 12.4. The molecule has 2 aromatic rings. The lowest BCUT2D eigenvalue weighted by atomic mass is 9.81. The van der Waals surface area contributed by atoms with Gasteiger partial charge in [0.25, 0.3) is 0 Å². The van der Waals surface area contributed by atoms with E-state index in [4.69, 9.17) is 4.74 Å². The number of rotatable bonds is 7. The van der Waals surface area contributed by atoms with Crippen LogP contribution >= 0.6 is 0 Å². The van der Waals surface area contributed by atoms with E-state index in [-0.39, 0.29) is 42.5 Å². The third-order valence-electron chi connectivity index (χ3n) is 5.91. The standard InChI is InChI=1S/C23H26N2O4/c26-21(11-13-25-22(27)19-7-3-4-8-20(19)23(25)28)24-12-14-29-18-10-9-16-5-1-2-6-17(16)15-18/h1-2,5-6,9-10,15,19-20H,3-4,7-8,11-14H2,(H,24,26)/t19-,20-/m1/s1. The van der Waals surface area contributed by atoms with Crippen LogP contribution in [0.2, 0.25) is 0 Å². The second-order valence-corrected chi connectivity index (χ2v) is 7.78. The average Bonchev–Trinajstić information content (AvgIpc) is 3.00. The van der Waals surface area contributed by atoms with Gasteiger partial charge in [-0.25, -0.2) is 0 Å². The van der Waals surface area contributed by atoms with Gasteiger partial charge in [0, 0.05) is 13.0 Å². The molecule has 1 saturated carbocycles. The van der Waals surface area contributed by atoms with Gasteiger partial charge in [-0.2, -0.15) is 0 Å². The molecule has 0 bridgehead atoms. The molecule has 6 heteroatoms. The number of imide groups is 1. The molecule has 0 spiro atoms. The Balaban J connectivity index is 1.19. The number of benzene rings is 2. The highest BCUT2D eigenvalue weighted by atomic mass is 16.5. The van der Waals surface area contributed by atoms with Gasteiger partial charge in [-0.05, 0) is 35.7 Å². The summed E-state index contributed by atoms with van der Waals surface area (Å²) < 4.78 is 5.71. The molecule has 4 rings (SSSR count). The Bertz CT molecular complexity index is 902. The van der Waals surface area contributed by atoms with Crippen molar-refractivity contribution in [2.45, 2.75) is 32.1 Å². The molecule has 2 aliphatic rings. The molecule has 1 N–H and O–H groups in total. The number of carbonyl (C=O) groups excluding carboxylic acids is 3. The lowest BCUT2D eigenvalue weighted by molar-refractivity contribution is -0.140. The van der Waals surface area contributed by atoms with Gasteiger partial charge >= 0.3 is 0 Å². The van der Waals surface area contributed by atoms with Gasteiger partial charge in [-0.15, -0.1) is 0 Å². The van der Waals surface area contributed by atoms with Crippen LogP contribution in [-0.4, -0.2) is 42.3 Å². The first-order valence-electron chi connectivity index (χ1n) is 10.4. The summed E-state index contributed by atoms with van der Waals surface area (Å²) in [5.41, 5.74) is 0. The van der Waals surface area contributed by atoms with Crippen LogP contribution in [0.1, 0.15) is 32.1 Å². The average molecular weight is 394 g/mol. The van der Waals surface area contributed by atoms with Crippen molar-refractivity contribution >= 4 is 28.5 Å². The van der Waals surface area contributed by atoms with Crippen LogP contribution in [0.25, 0.3) is 10.8 Å². The molecule has 152 valence electrons. The summed E-state index contributed by atoms with van der Waals surface area (Å²) in [4.78, 5) is 38.2. The van der Waals surface area contributed by atoms with Gasteiger partial charge in [0.05, 0.1) is 18.4 Å². The summed E-state index contributed by atoms with van der Waals surface area (Å²) >= 11 is 0. The topological polar surface area (TPSA) is 75.7 Å². The van der Waals surface area contributed by atoms with E-state index >= 15 is 0 Å². The first-order valence-corrected chi connectivity index (χ1v) is 10.4. The van der Waals surface area contributed by atoms with Gasteiger partial charge in [0.1, 0.15) is 12.4 Å². The molecule has 1 saturated heterocycles. The quantitative estimate of drug-likeness (QED) is 0.579. The second kappa shape index (κ2) is 8.64. The van der Waals surface area contributed by atoms with E-state index in [0.717, 1.165) is 42.2 Å². The molecule has 1 aliphatic heterocycles. The van der Waals surface area contributed by atoms with Gasteiger partial charge in [0.2, 0.25) is 17.7 Å². The molecule has 6 nitrogen and oxygen atoms in total. The lowest BCUT2D eigenvalue weighted by Gasteiger charge is -2.19. The van der Waals surface area contributed by atoms with Gasteiger partial charge in [-0.1, -0.05) is 43.2 Å². The zero-order valence-corrected chi connectivity index (χ0v) is 16.4. The summed E-state index contributed by atoms with van der Waals surface area (Å²) in [5, 5.41) is 5.05. The largest absolute Gasteiger partial charge is 0.492 e. The molecule has 0 unspecified atom stereocenters. The Labute approximate surface area is 170 Å². The zero-order valence-electron chi connectivity index (χ0n) is 16.4. The summed E-state index contributed by atoms with van der Waals surface area (Å²) in [7, 11) is 0. The minimum absolute atomic E-state index is 0.0906. The molecule has 2 aromatic carbocycles. The fourth-order valence-electron chi connectivity index (χ4n) is 4.37. The van der Waals surface area contributed by atoms with E-state index in [2.05, 4.69) is 5.32 Å². The minimum Gasteiger partial charge on any atom is -0.492 e. The van der Waals surface area contributed by atoms with E-state index in [1.54, 1.807) is 0 Å². The van der Waals surface area contributed by atoms with Crippen molar-refractivity contribution in [2.75, 3.05) is 19.7 Å². The van der Waals surface area contributed by atoms with Crippen molar-refractivity contribution < 1.29 is 19.1 Å². The fraction of sp³-hybridized carbons (Fsp3) is 0.435. The van der Waals surface area contributed by atoms with Crippen molar-refractivity contribution in [3.05, 3.63) is 42.5 Å². The van der Waals surface area contributed by atoms with Gasteiger partial charge < -0.3 is 10.1 Å². The Kier molecular flexibility index (Phi) is 5.79. The van der Waals surface area contributed by atoms with Gasteiger partial charge in [0.15, 0.2) is 0 Å². The van der Waals surface area contributed by atoms with Crippen LogP contribution < -0.4 is 10.1 Å². The smallest absolute Gasteiger partial charge is 0.233 e. The van der Waals surface area contributed by atoms with Crippen LogP contribution in [0.5, 0.6) is 5.75 Å². The van der Waals surface area contributed by atoms with E-state index in [0.29, 0.717) is 13.2 Å². The first-order chi connectivity index (χ1) is 14.1. The van der Waals surface area contributed by atoms with E-state index in [9.17, 15) is 14.4 Å². The van der Waals surface area contributed by atoms with Crippen LogP contribution in [0.15, 0.2) is 42.5 Å². The summed E-state index contributed by atoms with van der Waals surface area (Å²) in [6, 6.07) is 13.9. The fourth-order valence-corrected chi connectivity index (χ4v) is 4.37. The normalized spacial score (nSPS) is 21.3. The number of fused-ring (bicyclic) bond motifs is 2. The molecular weight excluding hydrogens is 368 g/mol. The number of hydrogen-bond acceptors (Lipinski definition) is 4. The molecule has 0 radical (unpaired) electrons. The zero-order chi connectivity index (χ0) is 20.2. The second-order valence-electron chi connectivity index (χ2n) is 7.78. The molecule has 3 amide bonds. The summed E-state index contributed by atoms with van der Waals surface area (Å²) in [6.45, 7) is 0.899. The maximum atomic E-state index is 12.4. The van der Waals surface area contributed by atoms with Crippen LogP contribution in [-0.2, 0) is 14.4 Å². The Morgan fingerprint density at radius 1 is 1.00 bits per heavy atom. The number of nitrogens with one attached hydrogen (secondary N) is 1. The number of carbonyl (C=O) groups is 3. The first kappa shape index (κ1) is 19.4. The van der Waals surface area contributed by atoms with Crippen LogP contribution in [0.3, 0.4) is 0 Å². The number of hydrogen-bond donors (Lipinski definition) is 1. The van der Waals surface area contributed by atoms with Crippen molar-refractivity contribution in [2.24, 2.45) is 11.8 Å². The third-order valence-corrected chi connectivity index (χ3v) is 5.91. The maximum Gasteiger partial charge on any atom is 0.233 e. The van der Waals surface area contributed by atoms with Crippen LogP contribution in [0, 0.1) is 11.8 Å². The number of amides is 3. The summed E-state index contributed by atoms with van der Waals surface area (Å²) in [5.74, 6) is 0.0833. The van der Waals surface area contributed by atoms with Crippen molar-refractivity contribution in [3.63, 3.8) is 0 Å². The number of likely N-dealkylation sites (tertiary alicyclic amines) is 1. The van der Waals surface area contributed by atoms with E-state index < -0.39 is 0 Å². The minimum atomic E-state index is -0.178. The molecule has 2 fully saturated rings. The molecule has 1 heterocycles. The number of nitrogens with zero attached hydrogens (tertiary/aromatic N) is 1. The van der Waals surface area contributed by atoms with E-state index in [1.807, 2.05) is 42.5 Å². The highest BCUT2D eigenvalue weighted by Crippen LogP contribution is 2.37. The number of ether oxygens (including phenoxy) is 1. The predicted molar refractivity (Wildman–Crippen MR) is 109 cm³/mol. The molecule has 2 atom stereocenters. The van der Waals surface area contributed by atoms with Gasteiger partial charge in [-0.3, -0.25) is 19.3 Å². The van der Waals surface area contributed by atoms with Crippen molar-refractivity contribution in [1.29, 1.82) is 0 Å². The van der Waals surface area contributed by atoms with Crippen molar-refractivity contribution in [3.8, 4) is 5.75 Å². The molecule has 0 aromatic heterocycles. The highest BCUT2D eigenvalue weighted by Gasteiger charge is 2.47. The Hall–Kier alpha value is -2.89. The molecular formula is C23H26N2O4.